The molecule has 0 unspecified atom stereocenters. The predicted octanol–water partition coefficient (Wildman–Crippen LogP) is 32.2. The van der Waals surface area contributed by atoms with Crippen LogP contribution in [-0.4, -0.2) is 0 Å². The molecule has 0 spiro atoms. The van der Waals surface area contributed by atoms with E-state index >= 15 is 0 Å². The normalized spacial score (nSPS) is 9.44. The van der Waals surface area contributed by atoms with Crippen molar-refractivity contribution in [1.29, 1.82) is 0 Å². The molecular formula is C132H72Y18-24. The fourth-order valence-corrected chi connectivity index (χ4v) is 15.5. The Balaban J connectivity index is 0.000000879. The van der Waals surface area contributed by atoms with Gasteiger partial charge in [-0.1, -0.05) is 155 Å². The van der Waals surface area contributed by atoms with Gasteiger partial charge in [-0.3, -0.25) is 88.0 Å². The van der Waals surface area contributed by atoms with Gasteiger partial charge in [0.1, 0.15) is 0 Å². The fourth-order valence-electron chi connectivity index (χ4n) is 15.5. The summed E-state index contributed by atoms with van der Waals surface area (Å²) in [6, 6.07) is 225. The first-order valence-electron chi connectivity index (χ1n) is 43.3. The van der Waals surface area contributed by atoms with Gasteiger partial charge in [0.05, 0.1) is 0 Å². The molecule has 0 aliphatic carbocycles. The Kier molecular flexibility index (Phi) is 81.0. The molecule has 18 heteroatoms. The number of benzene rings is 24. The van der Waals surface area contributed by atoms with Crippen LogP contribution in [-0.2, 0) is 589 Å². The first kappa shape index (κ1) is 151. The first-order chi connectivity index (χ1) is 65.4. The molecule has 0 heterocycles. The van der Waals surface area contributed by atoms with E-state index in [1.165, 1.54) is 53.9 Å². The van der Waals surface area contributed by atoms with Crippen LogP contribution in [0.15, 0.2) is 437 Å². The van der Waals surface area contributed by atoms with Crippen LogP contribution in [0.2, 0.25) is 0 Å². The number of hydrogen-bond acceptors (Lipinski definition) is 0. The summed E-state index contributed by atoms with van der Waals surface area (Å²) in [4.78, 5) is 0. The van der Waals surface area contributed by atoms with Crippen molar-refractivity contribution in [1.82, 2.24) is 0 Å². The average Bonchev–Trinajstić information content (AvgIpc) is 0.800. The predicted molar refractivity (Wildman–Crippen MR) is 541 cm³/mol. The van der Waals surface area contributed by atoms with Crippen LogP contribution in [0.1, 0.15) is 0 Å². The zero-order valence-corrected chi connectivity index (χ0v) is 133. The summed E-state index contributed by atoms with van der Waals surface area (Å²) in [6.45, 7) is 0. The second-order valence-corrected chi connectivity index (χ2v) is 30.8. The molecule has 24 rings (SSSR count). The van der Waals surface area contributed by atoms with Gasteiger partial charge < -0.3 is 158 Å². The topological polar surface area (TPSA) is 0 Å². The molecule has 24 aromatic rings. The van der Waals surface area contributed by atoms with E-state index in [0.717, 1.165) is 144 Å². The minimum Gasteiger partial charge on any atom is -0.379 e. The molecule has 18 radical (unpaired) electrons. The van der Waals surface area contributed by atoms with Crippen LogP contribution in [0.5, 0.6) is 0 Å². The summed E-state index contributed by atoms with van der Waals surface area (Å²) in [5.74, 6) is 0. The van der Waals surface area contributed by atoms with Crippen molar-refractivity contribution in [2.75, 3.05) is 0 Å². The van der Waals surface area contributed by atoms with E-state index in [0.29, 0.717) is 0 Å². The van der Waals surface area contributed by atoms with Crippen molar-refractivity contribution < 1.29 is 589 Å². The summed E-state index contributed by atoms with van der Waals surface area (Å²) in [5, 5.41) is 14.3. The van der Waals surface area contributed by atoms with Crippen molar-refractivity contribution in [2.24, 2.45) is 0 Å². The average molecular weight is 3260 g/mol. The van der Waals surface area contributed by atoms with E-state index in [4.69, 9.17) is 0 Å². The fraction of sp³-hybridized carbons (Fsp3) is 0. The van der Waals surface area contributed by atoms with Gasteiger partial charge in [-0.25, -0.2) is 72.8 Å². The molecular weight excluding hydrogens is 3190 g/mol. The summed E-state index contributed by atoms with van der Waals surface area (Å²) in [6.07, 6.45) is 0. The van der Waals surface area contributed by atoms with Gasteiger partial charge in [0.25, 0.3) is 0 Å². The van der Waals surface area contributed by atoms with Crippen molar-refractivity contribution >= 4 is 64.6 Å². The van der Waals surface area contributed by atoms with Gasteiger partial charge in [0, 0.05) is 589 Å². The molecule has 678 valence electrons. The third-order valence-electron chi connectivity index (χ3n) is 22.2. The molecule has 0 saturated carbocycles. The molecule has 0 fully saturated rings. The number of fused-ring (bicyclic) bond motifs is 6. The Morgan fingerprint density at radius 2 is 0.367 bits per heavy atom. The van der Waals surface area contributed by atoms with E-state index in [2.05, 4.69) is 322 Å². The van der Waals surface area contributed by atoms with E-state index in [1.54, 1.807) is 0 Å². The van der Waals surface area contributed by atoms with Gasteiger partial charge in [-0.05, 0) is 0 Å². The van der Waals surface area contributed by atoms with Gasteiger partial charge in [0.2, 0.25) is 0 Å². The second kappa shape index (κ2) is 80.6. The Labute approximate surface area is 1340 Å². The Hall–Kier alpha value is 2.71. The van der Waals surface area contributed by atoms with Crippen LogP contribution in [0.25, 0.3) is 198 Å². The monoisotopic (exact) mass is 3260 g/mol. The Morgan fingerprint density at radius 3 is 0.733 bits per heavy atom. The largest absolute Gasteiger partial charge is 0.379 e. The second-order valence-electron chi connectivity index (χ2n) is 30.8. The quantitative estimate of drug-likeness (QED) is 0.107. The minimum absolute atomic E-state index is 0. The molecule has 0 saturated heterocycles. The third kappa shape index (κ3) is 42.9. The molecule has 0 amide bonds. The minimum atomic E-state index is 0. The SMILES string of the molecule is [Y].[Y].[Y].[Y].[Y].[Y].[Y].[Y].[Y].[Y].[Y].[Y].[Y].[Y].[Y].[Y].[Y].[Y].[c-]1ccc(-c2[c-]c3ccccc3cc2)[c-]c1-c1[c-]cccc1.[c-]1ccc(-c2[c-]cc3ccccc3c2)[c-]c1-c1[c-]cccc1.[c-]1ccc(-c2[c-]ccc3ccccc23)[c-]c1-c1[c-]cccc1.[c-]1ccccc1-c1[c-]c[c-]c(-c2[c-]c3ccccc3cc2)c1.[c-]1ccccc1-c1[c-]c[c-]c(-c2[c-]cc3ccccc3c2)c1.[c-]1ccccc1-c1[c-]c[c-]c(-c2[c-]ccc3ccccc23)c1. The van der Waals surface area contributed by atoms with Gasteiger partial charge in [-0.15, -0.1) is 201 Å². The zero-order chi connectivity index (χ0) is 88.7. The van der Waals surface area contributed by atoms with Crippen LogP contribution < -0.4 is 0 Å². The van der Waals surface area contributed by atoms with Crippen molar-refractivity contribution in [3.05, 3.63) is 582 Å². The molecule has 0 atom stereocenters. The maximum absolute atomic E-state index is 3.47. The van der Waals surface area contributed by atoms with E-state index in [9.17, 15) is 0 Å². The van der Waals surface area contributed by atoms with Crippen LogP contribution in [0.4, 0.5) is 0 Å². The summed E-state index contributed by atoms with van der Waals surface area (Å²) in [7, 11) is 0. The first-order valence-corrected chi connectivity index (χ1v) is 43.3. The summed E-state index contributed by atoms with van der Waals surface area (Å²) >= 11 is 0. The van der Waals surface area contributed by atoms with E-state index in [-0.39, 0.29) is 589 Å². The van der Waals surface area contributed by atoms with Crippen molar-refractivity contribution in [3.63, 3.8) is 0 Å². The van der Waals surface area contributed by atoms with Crippen molar-refractivity contribution in [2.45, 2.75) is 0 Å². The Morgan fingerprint density at radius 1 is 0.120 bits per heavy atom. The number of hydrogen-bond donors (Lipinski definition) is 0. The molecule has 150 heavy (non-hydrogen) atoms. The zero-order valence-electron chi connectivity index (χ0n) is 82.0. The molecule has 0 aromatic heterocycles. The van der Waals surface area contributed by atoms with E-state index < -0.39 is 0 Å². The maximum Gasteiger partial charge on any atom is 0 e. The summed E-state index contributed by atoms with van der Waals surface area (Å²) in [5.41, 5.74) is 24.5. The van der Waals surface area contributed by atoms with Crippen LogP contribution in [0.3, 0.4) is 0 Å². The summed E-state index contributed by atoms with van der Waals surface area (Å²) < 4.78 is 0. The molecule has 0 aliphatic heterocycles. The molecule has 0 aliphatic rings. The third-order valence-corrected chi connectivity index (χ3v) is 22.2. The number of rotatable bonds is 12. The Bertz CT molecular complexity index is 7240. The van der Waals surface area contributed by atoms with Gasteiger partial charge >= 0.3 is 0 Å². The van der Waals surface area contributed by atoms with Crippen LogP contribution >= 0.6 is 0 Å². The molecule has 0 bridgehead atoms. The molecule has 24 aromatic carbocycles. The van der Waals surface area contributed by atoms with Crippen molar-refractivity contribution in [3.8, 4) is 134 Å². The smallest absolute Gasteiger partial charge is 0 e. The van der Waals surface area contributed by atoms with Gasteiger partial charge in [0.15, 0.2) is 0 Å². The molecule has 0 nitrogen and oxygen atoms in total. The molecule has 0 N–H and O–H groups in total. The van der Waals surface area contributed by atoms with E-state index in [1.807, 2.05) is 261 Å². The maximum atomic E-state index is 3.47. The van der Waals surface area contributed by atoms with Crippen LogP contribution in [0, 0.1) is 146 Å². The van der Waals surface area contributed by atoms with Gasteiger partial charge in [-0.2, -0.15) is 106 Å². The standard InChI is InChI=1S/6C22H12.18Y/c2*1-2-8-17(9-3-1)19-12-6-13-20(16-19)22-15-7-11-18-10-4-5-14-21(18)22;4*1-2-7-17(8-3-1)20-11-6-12-21(15-20)22-14-13-18-9-4-5-10-19(18)16-22;;;;;;;;;;;;;;;;;;/h1-8,10-11,14,16H;1-8,10-11,13-14H;1-7,9-10,13,15-16H;1-7,9-10,13-15H;1-7,9-10,12-13,16H;1-7,9-10,12-14H;;;;;;;;;;;;;;;;;;/q6*-4;;;;;;;;;;;;;;;;;;.